The number of alkyl halides is 6. The first-order valence-corrected chi connectivity index (χ1v) is 9.13. The maximum absolute atomic E-state index is 13.2. The lowest BCUT2D eigenvalue weighted by Gasteiger charge is -2.17. The summed E-state index contributed by atoms with van der Waals surface area (Å²) in [6.45, 7) is 1.50. The summed E-state index contributed by atoms with van der Waals surface area (Å²) in [5, 5.41) is 13.6. The van der Waals surface area contributed by atoms with E-state index in [0.29, 0.717) is 17.7 Å². The molecule has 0 aliphatic carbocycles. The molecular formula is C20H14F6N4O3. The zero-order valence-corrected chi connectivity index (χ0v) is 16.7. The molecule has 0 saturated carbocycles. The Kier molecular flexibility index (Phi) is 6.16. The number of halogens is 6. The predicted octanol–water partition coefficient (Wildman–Crippen LogP) is 5.29. The molecule has 2 aromatic carbocycles. The van der Waals surface area contributed by atoms with Crippen LogP contribution in [0.1, 0.15) is 22.4 Å². The van der Waals surface area contributed by atoms with Crippen LogP contribution in [0.5, 0.6) is 0 Å². The van der Waals surface area contributed by atoms with Crippen molar-refractivity contribution in [1.82, 2.24) is 9.55 Å². The van der Waals surface area contributed by atoms with Crippen LogP contribution in [0, 0.1) is 17.0 Å². The minimum absolute atomic E-state index is 0.235. The van der Waals surface area contributed by atoms with Crippen LogP contribution < -0.4 is 10.9 Å². The first kappa shape index (κ1) is 23.8. The number of nitro groups is 1. The number of aryl methyl sites for hydroxylation is 1. The quantitative estimate of drug-likeness (QED) is 0.310. The first-order valence-electron chi connectivity index (χ1n) is 9.13. The van der Waals surface area contributed by atoms with Gasteiger partial charge in [0.15, 0.2) is 5.69 Å². The van der Waals surface area contributed by atoms with Crippen LogP contribution in [-0.2, 0) is 18.9 Å². The van der Waals surface area contributed by atoms with E-state index < -0.39 is 51.4 Å². The van der Waals surface area contributed by atoms with Gasteiger partial charge in [-0.15, -0.1) is 0 Å². The summed E-state index contributed by atoms with van der Waals surface area (Å²) in [6.07, 6.45) is -9.89. The lowest BCUT2D eigenvalue weighted by molar-refractivity contribution is -0.384. The van der Waals surface area contributed by atoms with Crippen LogP contribution >= 0.6 is 0 Å². The number of benzene rings is 2. The zero-order chi connectivity index (χ0) is 24.6. The maximum Gasteiger partial charge on any atom is 0.433 e. The number of hydrogen-bond acceptors (Lipinski definition) is 5. The number of nitrogens with one attached hydrogen (secondary N) is 1. The molecule has 3 aromatic rings. The van der Waals surface area contributed by atoms with Crippen LogP contribution in [0.4, 0.5) is 43.7 Å². The number of anilines is 2. The molecule has 0 spiro atoms. The molecule has 0 aliphatic rings. The molecule has 0 radical (unpaired) electrons. The van der Waals surface area contributed by atoms with Crippen molar-refractivity contribution in [1.29, 1.82) is 0 Å². The maximum atomic E-state index is 13.2. The molecule has 174 valence electrons. The van der Waals surface area contributed by atoms with Crippen molar-refractivity contribution in [2.45, 2.75) is 25.8 Å². The third-order valence-electron chi connectivity index (χ3n) is 4.49. The molecular weight excluding hydrogens is 458 g/mol. The van der Waals surface area contributed by atoms with Gasteiger partial charge >= 0.3 is 12.4 Å². The number of aromatic nitrogens is 2. The van der Waals surface area contributed by atoms with Gasteiger partial charge in [-0.05, 0) is 24.6 Å². The highest BCUT2D eigenvalue weighted by Crippen LogP contribution is 2.36. The van der Waals surface area contributed by atoms with Crippen molar-refractivity contribution in [2.75, 3.05) is 5.32 Å². The third kappa shape index (κ3) is 5.48. The topological polar surface area (TPSA) is 90.1 Å². The van der Waals surface area contributed by atoms with E-state index in [1.54, 1.807) is 31.2 Å². The Morgan fingerprint density at radius 2 is 1.73 bits per heavy atom. The van der Waals surface area contributed by atoms with Gasteiger partial charge in [0.25, 0.3) is 11.2 Å². The number of hydrogen-bond donors (Lipinski definition) is 1. The summed E-state index contributed by atoms with van der Waals surface area (Å²) in [5.41, 5.74) is -4.32. The summed E-state index contributed by atoms with van der Waals surface area (Å²) in [5.74, 6) is -0.723. The Bertz CT molecular complexity index is 1270. The van der Waals surface area contributed by atoms with Gasteiger partial charge in [-0.1, -0.05) is 29.8 Å². The SMILES string of the molecule is Cc1cccc(Cn2c(Nc3ccc(C(F)(F)F)cc3[N+](=O)[O-])nc(C(F)(F)F)cc2=O)c1. The Morgan fingerprint density at radius 3 is 2.30 bits per heavy atom. The summed E-state index contributed by atoms with van der Waals surface area (Å²) >= 11 is 0. The molecule has 7 nitrogen and oxygen atoms in total. The minimum atomic E-state index is -5.01. The highest BCUT2D eigenvalue weighted by molar-refractivity contribution is 5.67. The van der Waals surface area contributed by atoms with Gasteiger partial charge < -0.3 is 5.32 Å². The largest absolute Gasteiger partial charge is 0.433 e. The summed E-state index contributed by atoms with van der Waals surface area (Å²) in [6, 6.07) is 8.37. The summed E-state index contributed by atoms with van der Waals surface area (Å²) in [4.78, 5) is 26.1. The van der Waals surface area contributed by atoms with Gasteiger partial charge in [0.1, 0.15) is 5.69 Å². The summed E-state index contributed by atoms with van der Waals surface area (Å²) in [7, 11) is 0. The van der Waals surface area contributed by atoms with E-state index in [-0.39, 0.29) is 18.7 Å². The second-order valence-corrected chi connectivity index (χ2v) is 6.99. The van der Waals surface area contributed by atoms with Crippen LogP contribution in [0.25, 0.3) is 0 Å². The van der Waals surface area contributed by atoms with Gasteiger partial charge in [0.05, 0.1) is 17.0 Å². The smallest absolute Gasteiger partial charge is 0.320 e. The van der Waals surface area contributed by atoms with Crippen molar-refractivity contribution < 1.29 is 31.3 Å². The number of nitro benzene ring substituents is 1. The molecule has 33 heavy (non-hydrogen) atoms. The van der Waals surface area contributed by atoms with Crippen LogP contribution in [0.2, 0.25) is 0 Å². The second kappa shape index (κ2) is 8.56. The normalized spacial score (nSPS) is 12.0. The van der Waals surface area contributed by atoms with Gasteiger partial charge in [-0.3, -0.25) is 19.5 Å². The monoisotopic (exact) mass is 472 g/mol. The average molecular weight is 472 g/mol. The number of rotatable bonds is 5. The van der Waals surface area contributed by atoms with E-state index in [2.05, 4.69) is 10.3 Å². The van der Waals surface area contributed by atoms with Crippen molar-refractivity contribution in [3.63, 3.8) is 0 Å². The fourth-order valence-electron chi connectivity index (χ4n) is 2.98. The molecule has 3 rings (SSSR count). The predicted molar refractivity (Wildman–Crippen MR) is 105 cm³/mol. The molecule has 1 aromatic heterocycles. The fraction of sp³-hybridized carbons (Fsp3) is 0.200. The van der Waals surface area contributed by atoms with Crippen molar-refractivity contribution in [2.24, 2.45) is 0 Å². The van der Waals surface area contributed by atoms with Crippen LogP contribution in [-0.4, -0.2) is 14.5 Å². The Hall–Kier alpha value is -3.90. The van der Waals surface area contributed by atoms with E-state index in [1.807, 2.05) is 0 Å². The Balaban J connectivity index is 2.15. The number of nitrogens with zero attached hydrogens (tertiary/aromatic N) is 3. The van der Waals surface area contributed by atoms with Crippen LogP contribution in [0.3, 0.4) is 0 Å². The van der Waals surface area contributed by atoms with Crippen LogP contribution in [0.15, 0.2) is 53.3 Å². The third-order valence-corrected chi connectivity index (χ3v) is 4.49. The van der Waals surface area contributed by atoms with Crippen molar-refractivity contribution >= 4 is 17.3 Å². The molecule has 1 heterocycles. The molecule has 0 unspecified atom stereocenters. The molecule has 0 aliphatic heterocycles. The van der Waals surface area contributed by atoms with E-state index in [1.165, 1.54) is 0 Å². The fourth-order valence-corrected chi connectivity index (χ4v) is 2.98. The minimum Gasteiger partial charge on any atom is -0.320 e. The highest BCUT2D eigenvalue weighted by atomic mass is 19.4. The standard InChI is InChI=1S/C20H14F6N4O3/c1-11-3-2-4-12(7-11)10-29-17(31)9-16(20(24,25)26)28-18(29)27-14-6-5-13(19(21,22)23)8-15(14)30(32)33/h2-9H,10H2,1H3,(H,27,28). The molecule has 0 atom stereocenters. The highest BCUT2D eigenvalue weighted by Gasteiger charge is 2.35. The van der Waals surface area contributed by atoms with E-state index in [9.17, 15) is 41.3 Å². The molecule has 0 fully saturated rings. The van der Waals surface area contributed by atoms with E-state index >= 15 is 0 Å². The lowest BCUT2D eigenvalue weighted by atomic mass is 10.1. The Labute approximate surface area is 181 Å². The molecule has 1 N–H and O–H groups in total. The van der Waals surface area contributed by atoms with Gasteiger partial charge in [0.2, 0.25) is 5.95 Å². The van der Waals surface area contributed by atoms with Crippen molar-refractivity contribution in [3.8, 4) is 0 Å². The second-order valence-electron chi connectivity index (χ2n) is 6.99. The molecule has 0 saturated heterocycles. The van der Waals surface area contributed by atoms with Gasteiger partial charge in [-0.25, -0.2) is 4.98 Å². The zero-order valence-electron chi connectivity index (χ0n) is 16.7. The lowest BCUT2D eigenvalue weighted by Crippen LogP contribution is -2.27. The van der Waals surface area contributed by atoms with Gasteiger partial charge in [0, 0.05) is 12.1 Å². The van der Waals surface area contributed by atoms with Crippen molar-refractivity contribution in [3.05, 3.63) is 91.4 Å². The average Bonchev–Trinajstić information content (AvgIpc) is 2.69. The van der Waals surface area contributed by atoms with E-state index in [4.69, 9.17) is 0 Å². The summed E-state index contributed by atoms with van der Waals surface area (Å²) < 4.78 is 79.3. The molecule has 0 bridgehead atoms. The molecule has 0 amide bonds. The molecule has 13 heteroatoms. The first-order chi connectivity index (χ1) is 15.3. The van der Waals surface area contributed by atoms with Gasteiger partial charge in [-0.2, -0.15) is 26.3 Å². The Morgan fingerprint density at radius 1 is 1.03 bits per heavy atom. The van der Waals surface area contributed by atoms with E-state index in [0.717, 1.165) is 10.1 Å².